The van der Waals surface area contributed by atoms with Crippen LogP contribution in [0.5, 0.6) is 0 Å². The van der Waals surface area contributed by atoms with Crippen molar-refractivity contribution >= 4 is 10.0 Å². The van der Waals surface area contributed by atoms with Crippen LogP contribution in [0.4, 0.5) is 0 Å². The summed E-state index contributed by atoms with van der Waals surface area (Å²) in [6.07, 6.45) is 1.88. The summed E-state index contributed by atoms with van der Waals surface area (Å²) in [5.74, 6) is 0. The van der Waals surface area contributed by atoms with E-state index in [9.17, 15) is 8.42 Å². The Morgan fingerprint density at radius 2 is 1.82 bits per heavy atom. The Bertz CT molecular complexity index is 480. The van der Waals surface area contributed by atoms with Gasteiger partial charge in [-0.1, -0.05) is 19.4 Å². The van der Waals surface area contributed by atoms with Gasteiger partial charge in [-0.05, 0) is 43.5 Å². The highest BCUT2D eigenvalue weighted by atomic mass is 32.2. The summed E-state index contributed by atoms with van der Waals surface area (Å²) in [5.41, 5.74) is 2.12. The predicted octanol–water partition coefficient (Wildman–Crippen LogP) is 2.72. The van der Waals surface area contributed by atoms with Gasteiger partial charge in [-0.2, -0.15) is 0 Å². The Hall–Kier alpha value is -0.870. The lowest BCUT2D eigenvalue weighted by Crippen LogP contribution is -2.28. The lowest BCUT2D eigenvalue weighted by Gasteiger charge is -2.17. The molecule has 0 aliphatic heterocycles. The minimum atomic E-state index is -3.32. The van der Waals surface area contributed by atoms with Crippen LogP contribution in [0, 0.1) is 13.8 Å². The normalized spacial score (nSPS) is 12.1. The molecule has 1 rings (SSSR count). The van der Waals surface area contributed by atoms with E-state index >= 15 is 0 Å². The van der Waals surface area contributed by atoms with Gasteiger partial charge in [0.2, 0.25) is 10.0 Å². The molecule has 0 amide bonds. The first-order valence-corrected chi connectivity index (χ1v) is 7.37. The van der Waals surface area contributed by atoms with Crippen molar-refractivity contribution in [2.45, 2.75) is 38.5 Å². The van der Waals surface area contributed by atoms with E-state index in [4.69, 9.17) is 0 Å². The number of sulfonamides is 1. The highest BCUT2D eigenvalue weighted by Crippen LogP contribution is 2.18. The quantitative estimate of drug-likeness (QED) is 0.811. The summed E-state index contributed by atoms with van der Waals surface area (Å²) in [6.45, 7) is 6.54. The van der Waals surface area contributed by atoms with Crippen LogP contribution in [0.1, 0.15) is 30.9 Å². The van der Waals surface area contributed by atoms with E-state index < -0.39 is 10.0 Å². The van der Waals surface area contributed by atoms with Crippen LogP contribution in [0.25, 0.3) is 0 Å². The summed E-state index contributed by atoms with van der Waals surface area (Å²) in [4.78, 5) is 0.388. The highest BCUT2D eigenvalue weighted by Gasteiger charge is 2.20. The molecule has 1 aromatic carbocycles. The first kappa shape index (κ1) is 14.2. The zero-order valence-corrected chi connectivity index (χ0v) is 11.8. The Kier molecular flexibility index (Phi) is 4.71. The number of benzene rings is 1. The lowest BCUT2D eigenvalue weighted by molar-refractivity contribution is 0.459. The lowest BCUT2D eigenvalue weighted by atomic mass is 10.1. The highest BCUT2D eigenvalue weighted by molar-refractivity contribution is 7.89. The number of nitrogens with zero attached hydrogens (tertiary/aromatic N) is 1. The van der Waals surface area contributed by atoms with Crippen molar-refractivity contribution in [1.29, 1.82) is 0 Å². The minimum Gasteiger partial charge on any atom is -0.207 e. The van der Waals surface area contributed by atoms with Crippen molar-refractivity contribution < 1.29 is 8.42 Å². The monoisotopic (exact) mass is 255 g/mol. The molecular weight excluding hydrogens is 234 g/mol. The van der Waals surface area contributed by atoms with Gasteiger partial charge in [0.15, 0.2) is 0 Å². The van der Waals surface area contributed by atoms with Gasteiger partial charge in [-0.15, -0.1) is 0 Å². The Balaban J connectivity index is 3.00. The Labute approximate surface area is 105 Å². The van der Waals surface area contributed by atoms with E-state index in [1.165, 1.54) is 4.31 Å². The molecule has 0 aliphatic rings. The molecule has 0 aromatic heterocycles. The fraction of sp³-hybridized carbons (Fsp3) is 0.538. The van der Waals surface area contributed by atoms with Gasteiger partial charge < -0.3 is 0 Å². The largest absolute Gasteiger partial charge is 0.242 e. The molecule has 0 unspecified atom stereocenters. The van der Waals surface area contributed by atoms with Crippen molar-refractivity contribution in [3.63, 3.8) is 0 Å². The van der Waals surface area contributed by atoms with Gasteiger partial charge in [0, 0.05) is 13.6 Å². The zero-order valence-electron chi connectivity index (χ0n) is 11.0. The predicted molar refractivity (Wildman–Crippen MR) is 70.6 cm³/mol. The average Bonchev–Trinajstić information content (AvgIpc) is 2.29. The smallest absolute Gasteiger partial charge is 0.207 e. The molecule has 4 heteroatoms. The van der Waals surface area contributed by atoms with Crippen LogP contribution in [-0.4, -0.2) is 26.3 Å². The van der Waals surface area contributed by atoms with Crippen LogP contribution in [-0.2, 0) is 10.0 Å². The molecule has 0 atom stereocenters. The van der Waals surface area contributed by atoms with Crippen molar-refractivity contribution in [3.8, 4) is 0 Å². The third kappa shape index (κ3) is 3.30. The first-order chi connectivity index (χ1) is 7.89. The SMILES string of the molecule is CCCCN(C)S(=O)(=O)c1ccc(C)c(C)c1. The maximum absolute atomic E-state index is 12.2. The van der Waals surface area contributed by atoms with Crippen molar-refractivity contribution in [2.24, 2.45) is 0 Å². The third-order valence-electron chi connectivity index (χ3n) is 3.01. The number of aryl methyl sites for hydroxylation is 2. The second kappa shape index (κ2) is 5.65. The van der Waals surface area contributed by atoms with Gasteiger partial charge in [0.1, 0.15) is 0 Å². The summed E-state index contributed by atoms with van der Waals surface area (Å²) in [7, 11) is -1.68. The fourth-order valence-electron chi connectivity index (χ4n) is 1.56. The van der Waals surface area contributed by atoms with E-state index in [-0.39, 0.29) is 0 Å². The molecule has 0 N–H and O–H groups in total. The van der Waals surface area contributed by atoms with Crippen LogP contribution >= 0.6 is 0 Å². The van der Waals surface area contributed by atoms with Gasteiger partial charge in [0.25, 0.3) is 0 Å². The first-order valence-electron chi connectivity index (χ1n) is 5.93. The van der Waals surface area contributed by atoms with Crippen LogP contribution in [0.2, 0.25) is 0 Å². The summed E-state index contributed by atoms with van der Waals surface area (Å²) >= 11 is 0. The minimum absolute atomic E-state index is 0.388. The Morgan fingerprint density at radius 1 is 1.18 bits per heavy atom. The van der Waals surface area contributed by atoms with Crippen molar-refractivity contribution in [1.82, 2.24) is 4.31 Å². The van der Waals surface area contributed by atoms with Crippen LogP contribution in [0.3, 0.4) is 0 Å². The average molecular weight is 255 g/mol. The maximum Gasteiger partial charge on any atom is 0.242 e. The second-order valence-electron chi connectivity index (χ2n) is 4.43. The molecule has 0 radical (unpaired) electrons. The molecule has 17 heavy (non-hydrogen) atoms. The molecular formula is C13H21NO2S. The number of hydrogen-bond donors (Lipinski definition) is 0. The second-order valence-corrected chi connectivity index (χ2v) is 6.47. The van der Waals surface area contributed by atoms with E-state index in [0.29, 0.717) is 11.4 Å². The third-order valence-corrected chi connectivity index (χ3v) is 4.87. The maximum atomic E-state index is 12.2. The number of hydrogen-bond acceptors (Lipinski definition) is 2. The molecule has 3 nitrogen and oxygen atoms in total. The Morgan fingerprint density at radius 3 is 2.35 bits per heavy atom. The summed E-state index contributed by atoms with van der Waals surface area (Å²) in [6, 6.07) is 5.28. The molecule has 96 valence electrons. The molecule has 0 heterocycles. The van der Waals surface area contributed by atoms with Gasteiger partial charge in [-0.3, -0.25) is 0 Å². The molecule has 0 bridgehead atoms. The fourth-order valence-corrected chi connectivity index (χ4v) is 2.85. The van der Waals surface area contributed by atoms with E-state index in [0.717, 1.165) is 24.0 Å². The van der Waals surface area contributed by atoms with E-state index in [2.05, 4.69) is 6.92 Å². The topological polar surface area (TPSA) is 37.4 Å². The molecule has 0 saturated carbocycles. The van der Waals surface area contributed by atoms with Gasteiger partial charge in [0.05, 0.1) is 4.90 Å². The summed E-state index contributed by atoms with van der Waals surface area (Å²) < 4.78 is 25.9. The molecule has 0 aliphatic carbocycles. The zero-order chi connectivity index (χ0) is 13.1. The van der Waals surface area contributed by atoms with Crippen LogP contribution in [0.15, 0.2) is 23.1 Å². The molecule has 0 spiro atoms. The van der Waals surface area contributed by atoms with Gasteiger partial charge >= 0.3 is 0 Å². The van der Waals surface area contributed by atoms with Gasteiger partial charge in [-0.25, -0.2) is 12.7 Å². The van der Waals surface area contributed by atoms with Crippen molar-refractivity contribution in [2.75, 3.05) is 13.6 Å². The van der Waals surface area contributed by atoms with Crippen LogP contribution < -0.4 is 0 Å². The number of rotatable bonds is 5. The summed E-state index contributed by atoms with van der Waals surface area (Å²) in [5, 5.41) is 0. The molecule has 1 aromatic rings. The molecule has 0 saturated heterocycles. The standard InChI is InChI=1S/C13H21NO2S/c1-5-6-9-14(4)17(15,16)13-8-7-11(2)12(3)10-13/h7-8,10H,5-6,9H2,1-4H3. The van der Waals surface area contributed by atoms with E-state index in [1.54, 1.807) is 19.2 Å². The van der Waals surface area contributed by atoms with E-state index in [1.807, 2.05) is 19.9 Å². The van der Waals surface area contributed by atoms with Crippen molar-refractivity contribution in [3.05, 3.63) is 29.3 Å². The number of unbranched alkanes of at least 4 members (excludes halogenated alkanes) is 1. The molecule has 0 fully saturated rings.